The Kier molecular flexibility index (Phi) is 2.79. The van der Waals surface area contributed by atoms with E-state index in [1.165, 1.54) is 6.42 Å². The lowest BCUT2D eigenvalue weighted by Gasteiger charge is -2.55. The topological polar surface area (TPSA) is 34.4 Å². The van der Waals surface area contributed by atoms with E-state index >= 15 is 0 Å². The van der Waals surface area contributed by atoms with Crippen LogP contribution < -0.4 is 5.32 Å². The Morgan fingerprint density at radius 1 is 1.39 bits per heavy atom. The van der Waals surface area contributed by atoms with E-state index in [0.29, 0.717) is 18.1 Å². The van der Waals surface area contributed by atoms with Gasteiger partial charge < -0.3 is 14.5 Å². The molecule has 2 heterocycles. The van der Waals surface area contributed by atoms with E-state index in [0.717, 1.165) is 18.1 Å². The summed E-state index contributed by atoms with van der Waals surface area (Å²) in [6, 6.07) is 4.90. The van der Waals surface area contributed by atoms with E-state index < -0.39 is 0 Å². The molecule has 4 unspecified atom stereocenters. The van der Waals surface area contributed by atoms with E-state index in [2.05, 4.69) is 32.2 Å². The third-order valence-corrected chi connectivity index (χ3v) is 4.72. The van der Waals surface area contributed by atoms with Crippen LogP contribution in [0, 0.1) is 18.3 Å². The zero-order valence-corrected chi connectivity index (χ0v) is 11.7. The molecule has 3 nitrogen and oxygen atoms in total. The van der Waals surface area contributed by atoms with Crippen LogP contribution in [-0.2, 0) is 4.74 Å². The van der Waals surface area contributed by atoms with Gasteiger partial charge in [0.25, 0.3) is 0 Å². The van der Waals surface area contributed by atoms with Gasteiger partial charge in [0.2, 0.25) is 0 Å². The largest absolute Gasteiger partial charge is 0.465 e. The molecule has 0 amide bonds. The molecule has 0 radical (unpaired) electrons. The standard InChI is InChI=1S/C15H23NO2/c1-9-5-6-12(18-9)10(2)16-13-11-7-8-17-14(11)15(13,3)4/h5-6,10-11,13-14,16H,7-8H2,1-4H3. The highest BCUT2D eigenvalue weighted by atomic mass is 16.5. The first-order valence-electron chi connectivity index (χ1n) is 6.94. The molecule has 100 valence electrons. The van der Waals surface area contributed by atoms with Gasteiger partial charge in [-0.1, -0.05) is 13.8 Å². The van der Waals surface area contributed by atoms with E-state index in [1.807, 2.05) is 13.0 Å². The van der Waals surface area contributed by atoms with Crippen LogP contribution in [0.1, 0.15) is 44.8 Å². The lowest BCUT2D eigenvalue weighted by molar-refractivity contribution is -0.115. The van der Waals surface area contributed by atoms with Crippen LogP contribution in [0.4, 0.5) is 0 Å². The Balaban J connectivity index is 1.69. The number of furan rings is 1. The molecule has 1 aromatic rings. The molecule has 0 aromatic carbocycles. The third kappa shape index (κ3) is 1.72. The number of nitrogens with one attached hydrogen (secondary N) is 1. The maximum absolute atomic E-state index is 5.83. The van der Waals surface area contributed by atoms with Gasteiger partial charge in [0, 0.05) is 24.0 Å². The third-order valence-electron chi connectivity index (χ3n) is 4.72. The Bertz CT molecular complexity index is 437. The Hall–Kier alpha value is -0.800. The predicted octanol–water partition coefficient (Wildman–Crippen LogP) is 3.05. The van der Waals surface area contributed by atoms with Crippen molar-refractivity contribution in [3.63, 3.8) is 0 Å². The van der Waals surface area contributed by atoms with Crippen molar-refractivity contribution >= 4 is 0 Å². The lowest BCUT2D eigenvalue weighted by Crippen LogP contribution is -2.66. The van der Waals surface area contributed by atoms with Crippen molar-refractivity contribution in [3.8, 4) is 0 Å². The number of ether oxygens (including phenoxy) is 1. The number of hydrogen-bond donors (Lipinski definition) is 1. The molecular weight excluding hydrogens is 226 g/mol. The van der Waals surface area contributed by atoms with E-state index in [1.54, 1.807) is 0 Å². The normalized spacial score (nSPS) is 35.0. The van der Waals surface area contributed by atoms with Crippen molar-refractivity contribution in [2.75, 3.05) is 6.61 Å². The highest BCUT2D eigenvalue weighted by molar-refractivity contribution is 5.15. The predicted molar refractivity (Wildman–Crippen MR) is 70.4 cm³/mol. The van der Waals surface area contributed by atoms with Crippen LogP contribution in [0.2, 0.25) is 0 Å². The Morgan fingerprint density at radius 2 is 2.17 bits per heavy atom. The smallest absolute Gasteiger partial charge is 0.120 e. The van der Waals surface area contributed by atoms with Gasteiger partial charge in [-0.2, -0.15) is 0 Å². The quantitative estimate of drug-likeness (QED) is 0.894. The monoisotopic (exact) mass is 249 g/mol. The summed E-state index contributed by atoms with van der Waals surface area (Å²) in [5.41, 5.74) is 0.233. The molecule has 4 atom stereocenters. The summed E-state index contributed by atoms with van der Waals surface area (Å²) in [6.07, 6.45) is 1.64. The maximum Gasteiger partial charge on any atom is 0.120 e. The SMILES string of the molecule is Cc1ccc(C(C)NC2C3CCOC3C2(C)C)o1. The fourth-order valence-corrected chi connectivity index (χ4v) is 3.70. The Labute approximate surface area is 109 Å². The van der Waals surface area contributed by atoms with Gasteiger partial charge in [0.05, 0.1) is 12.1 Å². The number of fused-ring (bicyclic) bond motifs is 1. The first kappa shape index (κ1) is 12.2. The van der Waals surface area contributed by atoms with Crippen molar-refractivity contribution in [1.82, 2.24) is 5.32 Å². The molecule has 1 saturated carbocycles. The summed E-state index contributed by atoms with van der Waals surface area (Å²) in [6.45, 7) is 9.70. The van der Waals surface area contributed by atoms with Gasteiger partial charge in [-0.25, -0.2) is 0 Å². The molecule has 3 rings (SSSR count). The van der Waals surface area contributed by atoms with E-state index in [-0.39, 0.29) is 11.5 Å². The minimum absolute atomic E-state index is 0.233. The summed E-state index contributed by atoms with van der Waals surface area (Å²) in [4.78, 5) is 0. The summed E-state index contributed by atoms with van der Waals surface area (Å²) in [7, 11) is 0. The van der Waals surface area contributed by atoms with Crippen LogP contribution >= 0.6 is 0 Å². The molecule has 1 aliphatic carbocycles. The number of rotatable bonds is 3. The van der Waals surface area contributed by atoms with Crippen LogP contribution in [0.3, 0.4) is 0 Å². The van der Waals surface area contributed by atoms with E-state index in [9.17, 15) is 0 Å². The zero-order chi connectivity index (χ0) is 12.9. The molecular formula is C15H23NO2. The summed E-state index contributed by atoms with van der Waals surface area (Å²) < 4.78 is 11.5. The second kappa shape index (κ2) is 4.10. The van der Waals surface area contributed by atoms with Gasteiger partial charge >= 0.3 is 0 Å². The fraction of sp³-hybridized carbons (Fsp3) is 0.733. The number of aryl methyl sites for hydroxylation is 1. The first-order valence-corrected chi connectivity index (χ1v) is 6.94. The zero-order valence-electron chi connectivity index (χ0n) is 11.7. The first-order chi connectivity index (χ1) is 8.50. The highest BCUT2D eigenvalue weighted by Crippen LogP contribution is 2.52. The molecule has 0 bridgehead atoms. The van der Waals surface area contributed by atoms with Crippen molar-refractivity contribution in [2.24, 2.45) is 11.3 Å². The number of hydrogen-bond acceptors (Lipinski definition) is 3. The lowest BCUT2D eigenvalue weighted by atomic mass is 9.57. The molecule has 2 aliphatic rings. The summed E-state index contributed by atoms with van der Waals surface area (Å²) in [5.74, 6) is 2.69. The second-order valence-corrected chi connectivity index (χ2v) is 6.38. The minimum Gasteiger partial charge on any atom is -0.465 e. The molecule has 0 spiro atoms. The molecule has 2 fully saturated rings. The molecule has 1 N–H and O–H groups in total. The van der Waals surface area contributed by atoms with Crippen molar-refractivity contribution in [2.45, 2.75) is 52.3 Å². The summed E-state index contributed by atoms with van der Waals surface area (Å²) in [5, 5.41) is 3.73. The van der Waals surface area contributed by atoms with Crippen LogP contribution in [-0.4, -0.2) is 18.8 Å². The second-order valence-electron chi connectivity index (χ2n) is 6.38. The van der Waals surface area contributed by atoms with Crippen LogP contribution in [0.25, 0.3) is 0 Å². The highest BCUT2D eigenvalue weighted by Gasteiger charge is 2.59. The average Bonchev–Trinajstić information content (AvgIpc) is 2.92. The van der Waals surface area contributed by atoms with Crippen molar-refractivity contribution < 1.29 is 9.15 Å². The maximum atomic E-state index is 5.83. The molecule has 3 heteroatoms. The van der Waals surface area contributed by atoms with Gasteiger partial charge in [-0.3, -0.25) is 0 Å². The van der Waals surface area contributed by atoms with Gasteiger partial charge in [-0.05, 0) is 32.4 Å². The molecule has 1 aromatic heterocycles. The van der Waals surface area contributed by atoms with Gasteiger partial charge in [0.1, 0.15) is 11.5 Å². The average molecular weight is 249 g/mol. The van der Waals surface area contributed by atoms with E-state index in [4.69, 9.17) is 9.15 Å². The van der Waals surface area contributed by atoms with Crippen molar-refractivity contribution in [1.29, 1.82) is 0 Å². The molecule has 18 heavy (non-hydrogen) atoms. The van der Waals surface area contributed by atoms with Crippen molar-refractivity contribution in [3.05, 3.63) is 23.7 Å². The molecule has 1 aliphatic heterocycles. The summed E-state index contributed by atoms with van der Waals surface area (Å²) >= 11 is 0. The minimum atomic E-state index is 0.233. The molecule has 1 saturated heterocycles. The van der Waals surface area contributed by atoms with Gasteiger partial charge in [-0.15, -0.1) is 0 Å². The van der Waals surface area contributed by atoms with Gasteiger partial charge in [0.15, 0.2) is 0 Å². The van der Waals surface area contributed by atoms with Crippen LogP contribution in [0.15, 0.2) is 16.5 Å². The Morgan fingerprint density at radius 3 is 2.83 bits per heavy atom. The fourth-order valence-electron chi connectivity index (χ4n) is 3.70. The van der Waals surface area contributed by atoms with Crippen LogP contribution in [0.5, 0.6) is 0 Å².